The highest BCUT2D eigenvalue weighted by atomic mass is 16.5. The van der Waals surface area contributed by atoms with Crippen molar-refractivity contribution in [2.75, 3.05) is 25.6 Å². The van der Waals surface area contributed by atoms with Crippen LogP contribution in [-0.2, 0) is 9.59 Å². The maximum atomic E-state index is 13.4. The lowest BCUT2D eigenvalue weighted by Gasteiger charge is -2.41. The van der Waals surface area contributed by atoms with Gasteiger partial charge >= 0.3 is 0 Å². The SMILES string of the molecule is CCCCN1C(=O)CCC(C(=O)Nc2ccc(OCC)cc2)C1c1ccccc1OC. The first-order valence-corrected chi connectivity index (χ1v) is 11.0. The lowest BCUT2D eigenvalue weighted by Crippen LogP contribution is -2.47. The molecule has 0 aliphatic carbocycles. The Morgan fingerprint density at radius 1 is 1.13 bits per heavy atom. The van der Waals surface area contributed by atoms with Gasteiger partial charge in [0.25, 0.3) is 0 Å². The quantitative estimate of drug-likeness (QED) is 0.627. The van der Waals surface area contributed by atoms with Crippen molar-refractivity contribution in [1.82, 2.24) is 4.90 Å². The smallest absolute Gasteiger partial charge is 0.229 e. The Bertz CT molecular complexity index is 881. The summed E-state index contributed by atoms with van der Waals surface area (Å²) < 4.78 is 11.1. The first-order valence-electron chi connectivity index (χ1n) is 11.0. The number of rotatable bonds is 9. The van der Waals surface area contributed by atoms with Gasteiger partial charge in [-0.2, -0.15) is 0 Å². The number of methoxy groups -OCH3 is 1. The highest BCUT2D eigenvalue weighted by Gasteiger charge is 2.41. The fraction of sp³-hybridized carbons (Fsp3) is 0.440. The summed E-state index contributed by atoms with van der Waals surface area (Å²) in [6.07, 6.45) is 2.75. The predicted molar refractivity (Wildman–Crippen MR) is 121 cm³/mol. The molecular weight excluding hydrogens is 392 g/mol. The zero-order chi connectivity index (χ0) is 22.2. The summed E-state index contributed by atoms with van der Waals surface area (Å²) in [5.74, 6) is 1.10. The molecule has 1 aliphatic rings. The van der Waals surface area contributed by atoms with Crippen molar-refractivity contribution in [1.29, 1.82) is 0 Å². The van der Waals surface area contributed by atoms with Gasteiger partial charge in [-0.3, -0.25) is 9.59 Å². The number of piperidine rings is 1. The van der Waals surface area contributed by atoms with E-state index in [0.717, 1.165) is 24.2 Å². The van der Waals surface area contributed by atoms with Crippen molar-refractivity contribution in [2.24, 2.45) is 5.92 Å². The number of unbranched alkanes of at least 4 members (excludes halogenated alkanes) is 1. The Kier molecular flexibility index (Phi) is 7.93. The Morgan fingerprint density at radius 3 is 2.55 bits per heavy atom. The maximum Gasteiger partial charge on any atom is 0.229 e. The van der Waals surface area contributed by atoms with Gasteiger partial charge in [-0.25, -0.2) is 0 Å². The third-order valence-electron chi connectivity index (χ3n) is 5.69. The molecule has 31 heavy (non-hydrogen) atoms. The number of anilines is 1. The van der Waals surface area contributed by atoms with Crippen LogP contribution in [0.1, 0.15) is 51.1 Å². The van der Waals surface area contributed by atoms with E-state index in [1.807, 2.05) is 60.4 Å². The standard InChI is InChI=1S/C25H32N2O4/c1-4-6-17-27-23(28)16-15-21(24(27)20-9-7-8-10-22(20)30-3)25(29)26-18-11-13-19(14-12-18)31-5-2/h7-14,21,24H,4-6,15-17H2,1-3H3,(H,26,29). The first-order chi connectivity index (χ1) is 15.1. The molecule has 3 rings (SSSR count). The molecule has 0 spiro atoms. The van der Waals surface area contributed by atoms with Crippen LogP contribution in [-0.4, -0.2) is 37.0 Å². The summed E-state index contributed by atoms with van der Waals surface area (Å²) in [5, 5.41) is 3.04. The van der Waals surface area contributed by atoms with Gasteiger partial charge in [0, 0.05) is 24.2 Å². The monoisotopic (exact) mass is 424 g/mol. The van der Waals surface area contributed by atoms with Gasteiger partial charge < -0.3 is 19.7 Å². The van der Waals surface area contributed by atoms with Crippen molar-refractivity contribution in [3.05, 3.63) is 54.1 Å². The molecule has 0 aromatic heterocycles. The highest BCUT2D eigenvalue weighted by molar-refractivity contribution is 5.94. The second-order valence-electron chi connectivity index (χ2n) is 7.72. The largest absolute Gasteiger partial charge is 0.496 e. The van der Waals surface area contributed by atoms with Gasteiger partial charge in [0.2, 0.25) is 11.8 Å². The van der Waals surface area contributed by atoms with E-state index >= 15 is 0 Å². The van der Waals surface area contributed by atoms with E-state index in [4.69, 9.17) is 9.47 Å². The number of hydrogen-bond acceptors (Lipinski definition) is 4. The van der Waals surface area contributed by atoms with Gasteiger partial charge in [-0.15, -0.1) is 0 Å². The molecule has 6 nitrogen and oxygen atoms in total. The number of nitrogens with one attached hydrogen (secondary N) is 1. The van der Waals surface area contributed by atoms with Crippen LogP contribution in [0.5, 0.6) is 11.5 Å². The lowest BCUT2D eigenvalue weighted by atomic mass is 9.83. The number of ether oxygens (including phenoxy) is 2. The van der Waals surface area contributed by atoms with Gasteiger partial charge in [-0.1, -0.05) is 31.5 Å². The number of carbonyl (C=O) groups excluding carboxylic acids is 2. The van der Waals surface area contributed by atoms with Crippen molar-refractivity contribution in [3.8, 4) is 11.5 Å². The van der Waals surface area contributed by atoms with Gasteiger partial charge in [0.15, 0.2) is 0 Å². The van der Waals surface area contributed by atoms with Crippen LogP contribution in [0.15, 0.2) is 48.5 Å². The minimum atomic E-state index is -0.363. The molecule has 1 heterocycles. The molecule has 2 aromatic carbocycles. The van der Waals surface area contributed by atoms with Crippen LogP contribution in [0.25, 0.3) is 0 Å². The van der Waals surface area contributed by atoms with Gasteiger partial charge in [0.05, 0.1) is 25.7 Å². The Balaban J connectivity index is 1.89. The third kappa shape index (κ3) is 5.37. The van der Waals surface area contributed by atoms with Gasteiger partial charge in [-0.05, 0) is 50.1 Å². The number of benzene rings is 2. The molecule has 0 saturated carbocycles. The van der Waals surface area contributed by atoms with Crippen LogP contribution in [0.2, 0.25) is 0 Å². The fourth-order valence-electron chi connectivity index (χ4n) is 4.15. The summed E-state index contributed by atoms with van der Waals surface area (Å²) in [5.41, 5.74) is 1.59. The van der Waals surface area contributed by atoms with Crippen LogP contribution in [0.4, 0.5) is 5.69 Å². The molecule has 1 aliphatic heterocycles. The molecule has 6 heteroatoms. The fourth-order valence-corrected chi connectivity index (χ4v) is 4.15. The molecule has 0 bridgehead atoms. The van der Waals surface area contributed by atoms with Crippen molar-refractivity contribution < 1.29 is 19.1 Å². The van der Waals surface area contributed by atoms with E-state index in [9.17, 15) is 9.59 Å². The minimum absolute atomic E-state index is 0.0888. The lowest BCUT2D eigenvalue weighted by molar-refractivity contribution is -0.142. The van der Waals surface area contributed by atoms with Crippen LogP contribution < -0.4 is 14.8 Å². The number of likely N-dealkylation sites (tertiary alicyclic amines) is 1. The van der Waals surface area contributed by atoms with E-state index < -0.39 is 0 Å². The molecule has 0 radical (unpaired) electrons. The summed E-state index contributed by atoms with van der Waals surface area (Å²) >= 11 is 0. The molecule has 2 aromatic rings. The number of hydrogen-bond donors (Lipinski definition) is 1. The Hall–Kier alpha value is -3.02. The summed E-state index contributed by atoms with van der Waals surface area (Å²) in [7, 11) is 1.62. The zero-order valence-electron chi connectivity index (χ0n) is 18.6. The van der Waals surface area contributed by atoms with E-state index in [1.54, 1.807) is 7.11 Å². The molecule has 1 fully saturated rings. The van der Waals surface area contributed by atoms with Crippen molar-refractivity contribution >= 4 is 17.5 Å². The van der Waals surface area contributed by atoms with E-state index in [2.05, 4.69) is 12.2 Å². The van der Waals surface area contributed by atoms with Crippen LogP contribution in [0, 0.1) is 5.92 Å². The molecule has 1 N–H and O–H groups in total. The Morgan fingerprint density at radius 2 is 1.87 bits per heavy atom. The average molecular weight is 425 g/mol. The predicted octanol–water partition coefficient (Wildman–Crippen LogP) is 4.81. The number of amides is 2. The third-order valence-corrected chi connectivity index (χ3v) is 5.69. The molecule has 1 saturated heterocycles. The summed E-state index contributed by atoms with van der Waals surface area (Å²) in [6, 6.07) is 14.7. The van der Waals surface area contributed by atoms with Crippen LogP contribution in [0.3, 0.4) is 0 Å². The summed E-state index contributed by atoms with van der Waals surface area (Å²) in [6.45, 7) is 5.26. The highest BCUT2D eigenvalue weighted by Crippen LogP contribution is 2.41. The van der Waals surface area contributed by atoms with E-state index in [0.29, 0.717) is 37.4 Å². The molecule has 2 unspecified atom stereocenters. The van der Waals surface area contributed by atoms with Gasteiger partial charge in [0.1, 0.15) is 11.5 Å². The molecule has 2 amide bonds. The van der Waals surface area contributed by atoms with E-state index in [-0.39, 0.29) is 23.8 Å². The number of para-hydroxylation sites is 1. The normalized spacial score (nSPS) is 18.5. The molecule has 2 atom stereocenters. The summed E-state index contributed by atoms with van der Waals surface area (Å²) in [4.78, 5) is 28.1. The minimum Gasteiger partial charge on any atom is -0.496 e. The second kappa shape index (κ2) is 10.8. The van der Waals surface area contributed by atoms with Crippen LogP contribution >= 0.6 is 0 Å². The zero-order valence-corrected chi connectivity index (χ0v) is 18.6. The average Bonchev–Trinajstić information content (AvgIpc) is 2.79. The van der Waals surface area contributed by atoms with Crippen molar-refractivity contribution in [3.63, 3.8) is 0 Å². The maximum absolute atomic E-state index is 13.4. The molecule has 166 valence electrons. The molecular formula is C25H32N2O4. The van der Waals surface area contributed by atoms with E-state index in [1.165, 1.54) is 0 Å². The number of nitrogens with zero attached hydrogens (tertiary/aromatic N) is 1. The number of carbonyl (C=O) groups is 2. The first kappa shape index (κ1) is 22.7. The Labute approximate surface area is 184 Å². The van der Waals surface area contributed by atoms with Crippen molar-refractivity contribution in [2.45, 2.75) is 45.6 Å². The topological polar surface area (TPSA) is 67.9 Å². The second-order valence-corrected chi connectivity index (χ2v) is 7.72.